The Morgan fingerprint density at radius 3 is 2.59 bits per heavy atom. The van der Waals surface area contributed by atoms with Gasteiger partial charge in [0.25, 0.3) is 0 Å². The van der Waals surface area contributed by atoms with Gasteiger partial charge < -0.3 is 16.2 Å². The lowest BCUT2D eigenvalue weighted by molar-refractivity contribution is 0.0698. The van der Waals surface area contributed by atoms with E-state index in [9.17, 15) is 4.79 Å². The van der Waals surface area contributed by atoms with E-state index in [2.05, 4.69) is 26.1 Å². The quantitative estimate of drug-likeness (QED) is 0.703. The highest BCUT2D eigenvalue weighted by atomic mass is 16.4. The highest BCUT2D eigenvalue weighted by Crippen LogP contribution is 2.21. The molecule has 1 aromatic rings. The largest absolute Gasteiger partial charge is 0.478 e. The van der Waals surface area contributed by atoms with Crippen LogP contribution in [0.25, 0.3) is 0 Å². The van der Waals surface area contributed by atoms with Crippen LogP contribution in [-0.4, -0.2) is 17.6 Å². The Morgan fingerprint density at radius 1 is 1.41 bits per heavy atom. The van der Waals surface area contributed by atoms with Crippen LogP contribution in [0.15, 0.2) is 18.2 Å². The highest BCUT2D eigenvalue weighted by molar-refractivity contribution is 5.95. The highest BCUT2D eigenvalue weighted by Gasteiger charge is 2.12. The Bertz CT molecular complexity index is 408. The molecule has 0 atom stereocenters. The van der Waals surface area contributed by atoms with Crippen LogP contribution in [0.1, 0.15) is 37.6 Å². The van der Waals surface area contributed by atoms with E-state index < -0.39 is 5.97 Å². The minimum absolute atomic E-state index is 0.221. The van der Waals surface area contributed by atoms with E-state index in [0.29, 0.717) is 11.4 Å². The maximum atomic E-state index is 11.0. The zero-order valence-corrected chi connectivity index (χ0v) is 10.6. The van der Waals surface area contributed by atoms with Gasteiger partial charge in [-0.25, -0.2) is 4.79 Å². The lowest BCUT2D eigenvalue weighted by atomic mass is 9.92. The van der Waals surface area contributed by atoms with Gasteiger partial charge in [-0.3, -0.25) is 0 Å². The molecule has 94 valence electrons. The Balaban J connectivity index is 2.74. The van der Waals surface area contributed by atoms with Crippen LogP contribution in [0.2, 0.25) is 0 Å². The normalized spacial score (nSPS) is 11.2. The fraction of sp³-hybridized carbons (Fsp3) is 0.462. The molecule has 1 aromatic carbocycles. The first kappa shape index (κ1) is 13.4. The van der Waals surface area contributed by atoms with Gasteiger partial charge in [-0.1, -0.05) is 20.8 Å². The summed E-state index contributed by atoms with van der Waals surface area (Å²) in [6.45, 7) is 7.19. The topological polar surface area (TPSA) is 75.3 Å². The van der Waals surface area contributed by atoms with Gasteiger partial charge in [-0.15, -0.1) is 0 Å². The fourth-order valence-corrected chi connectivity index (χ4v) is 1.47. The molecule has 0 unspecified atom stereocenters. The lowest BCUT2D eigenvalue weighted by Gasteiger charge is -2.19. The van der Waals surface area contributed by atoms with E-state index in [1.54, 1.807) is 12.1 Å². The van der Waals surface area contributed by atoms with Crippen LogP contribution in [0, 0.1) is 5.41 Å². The Hall–Kier alpha value is -1.71. The van der Waals surface area contributed by atoms with Gasteiger partial charge in [0.15, 0.2) is 0 Å². The van der Waals surface area contributed by atoms with Crippen LogP contribution in [0.4, 0.5) is 11.4 Å². The van der Waals surface area contributed by atoms with Crippen LogP contribution in [0.3, 0.4) is 0 Å². The van der Waals surface area contributed by atoms with Crippen LogP contribution >= 0.6 is 0 Å². The summed E-state index contributed by atoms with van der Waals surface area (Å²) in [5.41, 5.74) is 7.10. The molecule has 4 N–H and O–H groups in total. The molecule has 0 saturated heterocycles. The SMILES string of the molecule is CC(C)(C)CCNc1ccc(N)cc1C(=O)O. The average Bonchev–Trinajstić information content (AvgIpc) is 2.18. The Morgan fingerprint density at radius 2 is 2.06 bits per heavy atom. The molecular formula is C13H20N2O2. The average molecular weight is 236 g/mol. The van der Waals surface area contributed by atoms with Gasteiger partial charge in [0.1, 0.15) is 0 Å². The van der Waals surface area contributed by atoms with Gasteiger partial charge >= 0.3 is 5.97 Å². The van der Waals surface area contributed by atoms with Crippen molar-refractivity contribution in [1.29, 1.82) is 0 Å². The molecule has 0 bridgehead atoms. The molecule has 0 saturated carbocycles. The summed E-state index contributed by atoms with van der Waals surface area (Å²) in [6, 6.07) is 4.88. The second-order valence-corrected chi connectivity index (χ2v) is 5.35. The third-order valence-corrected chi connectivity index (χ3v) is 2.46. The molecule has 4 heteroatoms. The van der Waals surface area contributed by atoms with E-state index in [4.69, 9.17) is 10.8 Å². The van der Waals surface area contributed by atoms with Crippen molar-refractivity contribution in [3.8, 4) is 0 Å². The number of nitrogens with two attached hydrogens (primary N) is 1. The summed E-state index contributed by atoms with van der Waals surface area (Å²) < 4.78 is 0. The third kappa shape index (κ3) is 4.34. The number of hydrogen-bond acceptors (Lipinski definition) is 3. The number of benzene rings is 1. The molecule has 0 radical (unpaired) electrons. The van der Waals surface area contributed by atoms with E-state index in [1.165, 1.54) is 6.07 Å². The number of nitrogens with one attached hydrogen (secondary N) is 1. The van der Waals surface area contributed by atoms with E-state index >= 15 is 0 Å². The zero-order chi connectivity index (χ0) is 13.1. The predicted molar refractivity (Wildman–Crippen MR) is 70.4 cm³/mol. The molecular weight excluding hydrogens is 216 g/mol. The first-order valence-corrected chi connectivity index (χ1v) is 5.66. The molecule has 17 heavy (non-hydrogen) atoms. The van der Waals surface area contributed by atoms with Crippen molar-refractivity contribution < 1.29 is 9.90 Å². The van der Waals surface area contributed by atoms with Crippen molar-refractivity contribution in [2.45, 2.75) is 27.2 Å². The zero-order valence-electron chi connectivity index (χ0n) is 10.6. The van der Waals surface area contributed by atoms with Crippen molar-refractivity contribution >= 4 is 17.3 Å². The number of rotatable bonds is 4. The minimum Gasteiger partial charge on any atom is -0.478 e. The molecule has 0 aromatic heterocycles. The number of carboxylic acid groups (broad SMARTS) is 1. The number of anilines is 2. The maximum absolute atomic E-state index is 11.0. The summed E-state index contributed by atoms with van der Waals surface area (Å²) in [5, 5.41) is 12.2. The molecule has 0 aliphatic carbocycles. The second-order valence-electron chi connectivity index (χ2n) is 5.35. The summed E-state index contributed by atoms with van der Waals surface area (Å²) in [4.78, 5) is 11.0. The molecule has 0 amide bonds. The van der Waals surface area contributed by atoms with Crippen molar-refractivity contribution in [3.05, 3.63) is 23.8 Å². The standard InChI is InChI=1S/C13H20N2O2/c1-13(2,3)6-7-15-11-5-4-9(14)8-10(11)12(16)17/h4-5,8,15H,6-7,14H2,1-3H3,(H,16,17). The smallest absolute Gasteiger partial charge is 0.337 e. The maximum Gasteiger partial charge on any atom is 0.337 e. The minimum atomic E-state index is -0.962. The third-order valence-electron chi connectivity index (χ3n) is 2.46. The van der Waals surface area contributed by atoms with Crippen LogP contribution < -0.4 is 11.1 Å². The lowest BCUT2D eigenvalue weighted by Crippen LogP contribution is -2.14. The second kappa shape index (κ2) is 5.08. The number of carboxylic acids is 1. The van der Waals surface area contributed by atoms with Crippen LogP contribution in [-0.2, 0) is 0 Å². The first-order valence-electron chi connectivity index (χ1n) is 5.66. The Labute approximate surface area is 102 Å². The molecule has 0 fully saturated rings. The van der Waals surface area contributed by atoms with Gasteiger partial charge in [0.2, 0.25) is 0 Å². The molecule has 0 spiro atoms. The first-order chi connectivity index (χ1) is 7.79. The summed E-state index contributed by atoms with van der Waals surface area (Å²) in [5.74, 6) is -0.962. The monoisotopic (exact) mass is 236 g/mol. The van der Waals surface area contributed by atoms with Crippen molar-refractivity contribution in [1.82, 2.24) is 0 Å². The van der Waals surface area contributed by atoms with Crippen molar-refractivity contribution in [2.24, 2.45) is 5.41 Å². The number of aromatic carboxylic acids is 1. The molecule has 1 rings (SSSR count). The number of nitrogen functional groups attached to an aromatic ring is 1. The molecule has 0 heterocycles. The molecule has 0 aliphatic rings. The van der Waals surface area contributed by atoms with Gasteiger partial charge in [-0.2, -0.15) is 0 Å². The van der Waals surface area contributed by atoms with E-state index in [-0.39, 0.29) is 11.0 Å². The van der Waals surface area contributed by atoms with Crippen LogP contribution in [0.5, 0.6) is 0 Å². The predicted octanol–water partition coefficient (Wildman–Crippen LogP) is 2.82. The van der Waals surface area contributed by atoms with Crippen molar-refractivity contribution in [2.75, 3.05) is 17.6 Å². The van der Waals surface area contributed by atoms with Crippen molar-refractivity contribution in [3.63, 3.8) is 0 Å². The fourth-order valence-electron chi connectivity index (χ4n) is 1.47. The van der Waals surface area contributed by atoms with Gasteiger partial charge in [0.05, 0.1) is 5.56 Å². The van der Waals surface area contributed by atoms with Gasteiger partial charge in [-0.05, 0) is 30.0 Å². The summed E-state index contributed by atoms with van der Waals surface area (Å²) >= 11 is 0. The number of hydrogen-bond donors (Lipinski definition) is 3. The molecule has 0 aliphatic heterocycles. The summed E-state index contributed by atoms with van der Waals surface area (Å²) in [7, 11) is 0. The van der Waals surface area contributed by atoms with E-state index in [1.807, 2.05) is 0 Å². The Kier molecular flexibility index (Phi) is 3.99. The van der Waals surface area contributed by atoms with E-state index in [0.717, 1.165) is 13.0 Å². The molecule has 4 nitrogen and oxygen atoms in total. The van der Waals surface area contributed by atoms with Gasteiger partial charge in [0, 0.05) is 17.9 Å². The summed E-state index contributed by atoms with van der Waals surface area (Å²) in [6.07, 6.45) is 0.969. The number of carbonyl (C=O) groups is 1.